The maximum absolute atomic E-state index is 9.39. The predicted molar refractivity (Wildman–Crippen MR) is 133 cm³/mol. The zero-order valence-corrected chi connectivity index (χ0v) is 20.2. The van der Waals surface area contributed by atoms with Crippen molar-refractivity contribution in [2.75, 3.05) is 0 Å². The van der Waals surface area contributed by atoms with Gasteiger partial charge in [-0.2, -0.15) is 5.26 Å². The van der Waals surface area contributed by atoms with Gasteiger partial charge in [0.15, 0.2) is 0 Å². The monoisotopic (exact) mass is 417 g/mol. The number of hydrogen-bond donors (Lipinski definition) is 0. The topological polar surface area (TPSA) is 57.7 Å². The average molecular weight is 418 g/mol. The standard InChI is InChI=1S/C27H35N3O/c1-10-19(5)17-29-27(20(6)11-2)25-13-12-24(16-28)15-26(25)31-22(8)14-21(7)30-23(9)18(3)4/h10,12-15,17,20H,1,11H2,2-9H3/b19-17-,22-14+,29-27+,30-21-. The number of ether oxygens (including phenoxy) is 1. The Labute approximate surface area is 188 Å². The van der Waals surface area contributed by atoms with E-state index in [1.807, 2.05) is 59.9 Å². The van der Waals surface area contributed by atoms with Crippen molar-refractivity contribution in [3.63, 3.8) is 0 Å². The number of nitrogens with zero attached hydrogens (tertiary/aromatic N) is 3. The van der Waals surface area contributed by atoms with Crippen LogP contribution in [0.4, 0.5) is 0 Å². The van der Waals surface area contributed by atoms with E-state index in [1.54, 1.807) is 18.2 Å². The van der Waals surface area contributed by atoms with E-state index in [2.05, 4.69) is 31.5 Å². The van der Waals surface area contributed by atoms with Gasteiger partial charge in [-0.05, 0) is 83.7 Å². The molecule has 1 atom stereocenters. The van der Waals surface area contributed by atoms with Crippen molar-refractivity contribution in [3.05, 3.63) is 76.9 Å². The van der Waals surface area contributed by atoms with Gasteiger partial charge in [0, 0.05) is 23.2 Å². The molecule has 0 fully saturated rings. The third-order valence-electron chi connectivity index (χ3n) is 4.95. The molecule has 0 saturated carbocycles. The van der Waals surface area contributed by atoms with Crippen molar-refractivity contribution >= 4 is 11.4 Å². The molecule has 0 aliphatic carbocycles. The van der Waals surface area contributed by atoms with Crippen LogP contribution in [0, 0.1) is 17.2 Å². The number of aliphatic imine (C=N–C) groups is 2. The number of rotatable bonds is 9. The summed E-state index contributed by atoms with van der Waals surface area (Å²) in [6.45, 7) is 19.9. The summed E-state index contributed by atoms with van der Waals surface area (Å²) < 4.78 is 6.20. The van der Waals surface area contributed by atoms with E-state index < -0.39 is 0 Å². The third-order valence-corrected chi connectivity index (χ3v) is 4.95. The van der Waals surface area contributed by atoms with Crippen LogP contribution in [0.2, 0.25) is 0 Å². The highest BCUT2D eigenvalue weighted by atomic mass is 16.5. The molecule has 1 aromatic rings. The van der Waals surface area contributed by atoms with Crippen LogP contribution in [0.5, 0.6) is 5.75 Å². The van der Waals surface area contributed by atoms with E-state index >= 15 is 0 Å². The van der Waals surface area contributed by atoms with E-state index in [-0.39, 0.29) is 5.92 Å². The van der Waals surface area contributed by atoms with Crippen molar-refractivity contribution < 1.29 is 4.74 Å². The van der Waals surface area contributed by atoms with Gasteiger partial charge in [0.1, 0.15) is 11.5 Å². The summed E-state index contributed by atoms with van der Waals surface area (Å²) in [5.41, 5.74) is 6.34. The maximum atomic E-state index is 9.39. The highest BCUT2D eigenvalue weighted by Crippen LogP contribution is 2.27. The molecule has 1 rings (SSSR count). The van der Waals surface area contributed by atoms with Gasteiger partial charge < -0.3 is 4.74 Å². The second kappa shape index (κ2) is 12.5. The lowest BCUT2D eigenvalue weighted by Crippen LogP contribution is -2.13. The third kappa shape index (κ3) is 8.22. The van der Waals surface area contributed by atoms with Crippen LogP contribution < -0.4 is 4.74 Å². The number of hydrogen-bond acceptors (Lipinski definition) is 4. The van der Waals surface area contributed by atoms with Gasteiger partial charge in [-0.1, -0.05) is 32.1 Å². The fourth-order valence-electron chi connectivity index (χ4n) is 2.67. The normalized spacial score (nSPS) is 14.0. The zero-order valence-electron chi connectivity index (χ0n) is 20.2. The minimum atomic E-state index is 0.219. The Hall–Kier alpha value is -3.19. The van der Waals surface area contributed by atoms with Crippen LogP contribution in [0.15, 0.2) is 75.7 Å². The number of allylic oxidation sites excluding steroid dienone is 6. The van der Waals surface area contributed by atoms with Crippen LogP contribution >= 0.6 is 0 Å². The summed E-state index contributed by atoms with van der Waals surface area (Å²) >= 11 is 0. The molecular weight excluding hydrogens is 382 g/mol. The largest absolute Gasteiger partial charge is 0.461 e. The van der Waals surface area contributed by atoms with E-state index in [1.165, 1.54) is 5.57 Å². The Morgan fingerprint density at radius 3 is 2.42 bits per heavy atom. The molecule has 4 nitrogen and oxygen atoms in total. The molecule has 0 aliphatic rings. The van der Waals surface area contributed by atoms with Crippen LogP contribution in [-0.2, 0) is 0 Å². The molecule has 0 aromatic heterocycles. The van der Waals surface area contributed by atoms with Crippen molar-refractivity contribution in [2.45, 2.75) is 61.8 Å². The molecular formula is C27H35N3O. The SMILES string of the molecule is C=C/C(C)=C\N=C(\c1ccc(C#N)cc1O/C(C)=C/C(C)=N\C(C)=C(C)C)C(C)CC. The van der Waals surface area contributed by atoms with Crippen molar-refractivity contribution in [2.24, 2.45) is 15.9 Å². The van der Waals surface area contributed by atoms with Crippen molar-refractivity contribution in [3.8, 4) is 11.8 Å². The van der Waals surface area contributed by atoms with Crippen LogP contribution in [0.25, 0.3) is 0 Å². The average Bonchev–Trinajstić information content (AvgIpc) is 2.73. The summed E-state index contributed by atoms with van der Waals surface area (Å²) in [5.74, 6) is 1.53. The first kappa shape index (κ1) is 25.8. The Bertz CT molecular complexity index is 994. The second-order valence-corrected chi connectivity index (χ2v) is 7.92. The van der Waals surface area contributed by atoms with E-state index in [4.69, 9.17) is 9.73 Å². The molecule has 0 bridgehead atoms. The van der Waals surface area contributed by atoms with Crippen molar-refractivity contribution in [1.29, 1.82) is 5.26 Å². The molecule has 164 valence electrons. The predicted octanol–water partition coefficient (Wildman–Crippen LogP) is 7.54. The van der Waals surface area contributed by atoms with Gasteiger partial charge in [0.05, 0.1) is 17.3 Å². The molecule has 1 aromatic carbocycles. The molecule has 0 aliphatic heterocycles. The molecule has 31 heavy (non-hydrogen) atoms. The molecule has 0 N–H and O–H groups in total. The summed E-state index contributed by atoms with van der Waals surface area (Å²) in [6, 6.07) is 7.67. The molecule has 0 heterocycles. The molecule has 0 saturated heterocycles. The second-order valence-electron chi connectivity index (χ2n) is 7.92. The fraction of sp³-hybridized carbons (Fsp3) is 0.370. The molecule has 0 amide bonds. The van der Waals surface area contributed by atoms with E-state index in [0.29, 0.717) is 17.1 Å². The first-order valence-corrected chi connectivity index (χ1v) is 10.6. The van der Waals surface area contributed by atoms with Crippen LogP contribution in [0.3, 0.4) is 0 Å². The van der Waals surface area contributed by atoms with E-state index in [9.17, 15) is 5.26 Å². The molecule has 4 heteroatoms. The quantitative estimate of drug-likeness (QED) is 0.237. The highest BCUT2D eigenvalue weighted by Gasteiger charge is 2.17. The zero-order chi connectivity index (χ0) is 23.6. The molecule has 0 spiro atoms. The Balaban J connectivity index is 3.50. The lowest BCUT2D eigenvalue weighted by Gasteiger charge is -2.17. The Kier molecular flexibility index (Phi) is 10.4. The summed E-state index contributed by atoms with van der Waals surface area (Å²) in [7, 11) is 0. The minimum absolute atomic E-state index is 0.219. The lowest BCUT2D eigenvalue weighted by molar-refractivity contribution is 0.427. The Morgan fingerprint density at radius 2 is 1.87 bits per heavy atom. The summed E-state index contributed by atoms with van der Waals surface area (Å²) in [6.07, 6.45) is 6.43. The molecule has 1 unspecified atom stereocenters. The molecule has 0 radical (unpaired) electrons. The van der Waals surface area contributed by atoms with Crippen LogP contribution in [0.1, 0.15) is 72.9 Å². The Morgan fingerprint density at radius 1 is 1.19 bits per heavy atom. The van der Waals surface area contributed by atoms with Gasteiger partial charge in [0.2, 0.25) is 0 Å². The minimum Gasteiger partial charge on any atom is -0.461 e. The van der Waals surface area contributed by atoms with Gasteiger partial charge in [-0.15, -0.1) is 0 Å². The number of benzene rings is 1. The van der Waals surface area contributed by atoms with Crippen LogP contribution in [-0.4, -0.2) is 11.4 Å². The summed E-state index contributed by atoms with van der Waals surface area (Å²) in [5, 5.41) is 9.39. The van der Waals surface area contributed by atoms with Gasteiger partial charge >= 0.3 is 0 Å². The first-order chi connectivity index (χ1) is 14.6. The van der Waals surface area contributed by atoms with Crippen molar-refractivity contribution in [1.82, 2.24) is 0 Å². The fourth-order valence-corrected chi connectivity index (χ4v) is 2.67. The lowest BCUT2D eigenvalue weighted by atomic mass is 9.94. The van der Waals surface area contributed by atoms with Gasteiger partial charge in [-0.25, -0.2) is 0 Å². The highest BCUT2D eigenvalue weighted by molar-refractivity contribution is 6.04. The summed E-state index contributed by atoms with van der Waals surface area (Å²) in [4.78, 5) is 9.35. The van der Waals surface area contributed by atoms with Gasteiger partial charge in [0.25, 0.3) is 0 Å². The first-order valence-electron chi connectivity index (χ1n) is 10.6. The van der Waals surface area contributed by atoms with Gasteiger partial charge in [-0.3, -0.25) is 9.98 Å². The smallest absolute Gasteiger partial charge is 0.137 e. The van der Waals surface area contributed by atoms with E-state index in [0.717, 1.165) is 34.7 Å². The maximum Gasteiger partial charge on any atom is 0.137 e. The number of nitriles is 1.